The number of hydrogen-bond donors (Lipinski definition) is 1. The molecule has 2 aliphatic heterocycles. The van der Waals surface area contributed by atoms with Gasteiger partial charge in [-0.25, -0.2) is 9.79 Å². The van der Waals surface area contributed by atoms with E-state index in [4.69, 9.17) is 15.5 Å². The Hall–Kier alpha value is -3.75. The lowest BCUT2D eigenvalue weighted by molar-refractivity contribution is 0.0230. The van der Waals surface area contributed by atoms with E-state index in [1.807, 2.05) is 39.0 Å². The normalized spacial score (nSPS) is 21.8. The van der Waals surface area contributed by atoms with E-state index < -0.39 is 5.60 Å². The first-order chi connectivity index (χ1) is 16.6. The molecule has 1 aromatic heterocycles. The lowest BCUT2D eigenvalue weighted by Crippen LogP contribution is -2.42. The number of nitrogens with zero attached hydrogens (tertiary/aromatic N) is 6. The van der Waals surface area contributed by atoms with Crippen LogP contribution in [0.4, 0.5) is 4.79 Å². The van der Waals surface area contributed by atoms with Gasteiger partial charge < -0.3 is 20.3 Å². The first-order valence-corrected chi connectivity index (χ1v) is 11.8. The number of likely N-dealkylation sites (tertiary alicyclic amines) is 1. The molecule has 2 atom stereocenters. The lowest BCUT2D eigenvalue weighted by Gasteiger charge is -2.28. The fourth-order valence-corrected chi connectivity index (χ4v) is 4.28. The third-order valence-corrected chi connectivity index (χ3v) is 6.13. The zero-order valence-corrected chi connectivity index (χ0v) is 20.8. The van der Waals surface area contributed by atoms with Gasteiger partial charge in [0.1, 0.15) is 23.2 Å². The number of benzene rings is 1. The minimum Gasteiger partial charge on any atom is -0.444 e. The quantitative estimate of drug-likeness (QED) is 0.695. The fourth-order valence-electron chi connectivity index (χ4n) is 4.28. The fraction of sp³-hybridized carbons (Fsp3) is 0.423. The van der Waals surface area contributed by atoms with Crippen molar-refractivity contribution < 1.29 is 9.53 Å². The Morgan fingerprint density at radius 1 is 1.37 bits per heavy atom. The van der Waals surface area contributed by atoms with Gasteiger partial charge in [0.15, 0.2) is 0 Å². The van der Waals surface area contributed by atoms with Crippen LogP contribution in [0.3, 0.4) is 0 Å². The molecule has 1 saturated heterocycles. The second kappa shape index (κ2) is 9.85. The molecule has 9 heteroatoms. The average molecular weight is 476 g/mol. The van der Waals surface area contributed by atoms with E-state index in [-0.39, 0.29) is 18.2 Å². The van der Waals surface area contributed by atoms with Crippen LogP contribution in [-0.2, 0) is 11.2 Å². The minimum absolute atomic E-state index is 0.00293. The largest absolute Gasteiger partial charge is 0.444 e. The summed E-state index contributed by atoms with van der Waals surface area (Å²) in [6.45, 7) is 11.0. The van der Waals surface area contributed by atoms with Gasteiger partial charge in [-0.15, -0.1) is 0 Å². The van der Waals surface area contributed by atoms with Gasteiger partial charge in [0, 0.05) is 44.3 Å². The van der Waals surface area contributed by atoms with Crippen LogP contribution in [0.5, 0.6) is 0 Å². The van der Waals surface area contributed by atoms with Crippen LogP contribution in [0, 0.1) is 0 Å². The van der Waals surface area contributed by atoms with Gasteiger partial charge in [-0.3, -0.25) is 4.98 Å². The number of hydrogen-bond acceptors (Lipinski definition) is 8. The molecular weight excluding hydrogens is 442 g/mol. The summed E-state index contributed by atoms with van der Waals surface area (Å²) >= 11 is 0. The Labute approximate surface area is 206 Å². The maximum absolute atomic E-state index is 12.5. The number of azo groups is 1. The minimum atomic E-state index is -0.537. The monoisotopic (exact) mass is 475 g/mol. The molecule has 1 unspecified atom stereocenters. The van der Waals surface area contributed by atoms with Gasteiger partial charge in [0.05, 0.1) is 17.3 Å². The van der Waals surface area contributed by atoms with E-state index >= 15 is 0 Å². The molecule has 1 fully saturated rings. The van der Waals surface area contributed by atoms with E-state index in [0.717, 1.165) is 29.4 Å². The van der Waals surface area contributed by atoms with Gasteiger partial charge in [-0.2, -0.15) is 10.2 Å². The van der Waals surface area contributed by atoms with Crippen molar-refractivity contribution in [1.29, 1.82) is 0 Å². The molecule has 0 bridgehead atoms. The number of carbonyl (C=O) groups is 1. The first-order valence-electron chi connectivity index (χ1n) is 11.8. The molecule has 1 aromatic carbocycles. The summed E-state index contributed by atoms with van der Waals surface area (Å²) in [6, 6.07) is 9.92. The summed E-state index contributed by atoms with van der Waals surface area (Å²) < 4.78 is 5.51. The number of aromatic nitrogens is 1. The zero-order chi connectivity index (χ0) is 25.2. The van der Waals surface area contributed by atoms with E-state index in [1.54, 1.807) is 18.1 Å². The van der Waals surface area contributed by atoms with Crippen molar-refractivity contribution in [1.82, 2.24) is 14.8 Å². The van der Waals surface area contributed by atoms with Gasteiger partial charge in [0.2, 0.25) is 0 Å². The van der Waals surface area contributed by atoms with Crippen molar-refractivity contribution in [2.75, 3.05) is 20.1 Å². The van der Waals surface area contributed by atoms with Crippen LogP contribution in [0.15, 0.2) is 76.0 Å². The number of likely N-dealkylation sites (N-methyl/N-ethyl adjacent to an activating group) is 1. The van der Waals surface area contributed by atoms with Gasteiger partial charge >= 0.3 is 6.09 Å². The van der Waals surface area contributed by atoms with Crippen molar-refractivity contribution in [2.24, 2.45) is 21.0 Å². The summed E-state index contributed by atoms with van der Waals surface area (Å²) in [6.07, 6.45) is 4.39. The highest BCUT2D eigenvalue weighted by atomic mass is 16.6. The molecule has 35 heavy (non-hydrogen) atoms. The highest BCUT2D eigenvalue weighted by Gasteiger charge is 2.33. The standard InChI is InChI=1S/C26H33N7O2/c1-17-24(22(31-30-17)14-18-8-9-21-19(13-18)7-6-11-28-21)29-23(15-27)33-12-10-20(16-33)32(5)25(34)35-26(2,3)4/h6-9,11,13,15,20,22H,1,10,12,14,16,27H2,2-5H3/b23-15+,29-24+/t20-,22?/m1/s1. The van der Waals surface area contributed by atoms with Crippen LogP contribution in [0.1, 0.15) is 32.8 Å². The number of ether oxygens (including phenoxy) is 1. The van der Waals surface area contributed by atoms with Crippen molar-refractivity contribution in [3.8, 4) is 0 Å². The van der Waals surface area contributed by atoms with Crippen LogP contribution >= 0.6 is 0 Å². The number of carbonyl (C=O) groups excluding carboxylic acids is 1. The number of fused-ring (bicyclic) bond motifs is 1. The lowest BCUT2D eigenvalue weighted by atomic mass is 10.0. The summed E-state index contributed by atoms with van der Waals surface area (Å²) in [5.74, 6) is 0.626. The third-order valence-electron chi connectivity index (χ3n) is 6.13. The summed E-state index contributed by atoms with van der Waals surface area (Å²) in [5, 5.41) is 9.69. The molecule has 3 heterocycles. The number of pyridine rings is 1. The van der Waals surface area contributed by atoms with Crippen LogP contribution in [0.25, 0.3) is 10.9 Å². The number of rotatable bonds is 5. The molecule has 0 radical (unpaired) electrons. The van der Waals surface area contributed by atoms with E-state index in [0.29, 0.717) is 30.2 Å². The molecule has 2 aliphatic rings. The topological polar surface area (TPSA) is 109 Å². The maximum atomic E-state index is 12.5. The Morgan fingerprint density at radius 3 is 2.91 bits per heavy atom. The molecule has 1 amide bonds. The van der Waals surface area contributed by atoms with Gasteiger partial charge in [-0.1, -0.05) is 18.7 Å². The van der Waals surface area contributed by atoms with Crippen LogP contribution in [-0.4, -0.2) is 64.4 Å². The molecular formula is C26H33N7O2. The summed E-state index contributed by atoms with van der Waals surface area (Å²) in [4.78, 5) is 25.4. The highest BCUT2D eigenvalue weighted by molar-refractivity contribution is 6.05. The molecule has 184 valence electrons. The van der Waals surface area contributed by atoms with E-state index in [2.05, 4.69) is 38.8 Å². The van der Waals surface area contributed by atoms with Crippen molar-refractivity contribution in [2.45, 2.75) is 51.3 Å². The molecule has 2 aromatic rings. The van der Waals surface area contributed by atoms with Gasteiger partial charge in [-0.05, 0) is 51.0 Å². The summed E-state index contributed by atoms with van der Waals surface area (Å²) in [5.41, 5.74) is 8.77. The van der Waals surface area contributed by atoms with Crippen molar-refractivity contribution >= 4 is 22.7 Å². The first kappa shape index (κ1) is 24.4. The smallest absolute Gasteiger partial charge is 0.410 e. The summed E-state index contributed by atoms with van der Waals surface area (Å²) in [7, 11) is 1.77. The van der Waals surface area contributed by atoms with Crippen LogP contribution in [0.2, 0.25) is 0 Å². The highest BCUT2D eigenvalue weighted by Crippen LogP contribution is 2.26. The Balaban J connectivity index is 1.46. The number of aliphatic imine (C=N–C) groups is 1. The van der Waals surface area contributed by atoms with Crippen molar-refractivity contribution in [3.63, 3.8) is 0 Å². The molecule has 2 N–H and O–H groups in total. The Bertz CT molecular complexity index is 1210. The number of amides is 1. The molecule has 0 saturated carbocycles. The second-order valence-corrected chi connectivity index (χ2v) is 9.91. The predicted octanol–water partition coefficient (Wildman–Crippen LogP) is 4.27. The van der Waals surface area contributed by atoms with Crippen molar-refractivity contribution in [3.05, 3.63) is 66.4 Å². The predicted molar refractivity (Wildman–Crippen MR) is 137 cm³/mol. The molecule has 4 rings (SSSR count). The van der Waals surface area contributed by atoms with E-state index in [9.17, 15) is 4.79 Å². The van der Waals surface area contributed by atoms with Gasteiger partial charge in [0.25, 0.3) is 0 Å². The maximum Gasteiger partial charge on any atom is 0.410 e. The molecule has 0 aliphatic carbocycles. The zero-order valence-electron chi connectivity index (χ0n) is 20.8. The SMILES string of the molecule is C=C1N=NC(Cc2ccc3ncccc3c2)/C1=N/C(=C\N)N1CC[C@@H](N(C)C(=O)OC(C)(C)C)C1. The van der Waals surface area contributed by atoms with Crippen LogP contribution < -0.4 is 5.73 Å². The third kappa shape index (κ3) is 5.67. The second-order valence-electron chi connectivity index (χ2n) is 9.91. The molecule has 0 spiro atoms. The van der Waals surface area contributed by atoms with E-state index in [1.165, 1.54) is 6.20 Å². The number of nitrogens with two attached hydrogens (primary N) is 1. The average Bonchev–Trinajstić information content (AvgIpc) is 3.43. The molecule has 9 nitrogen and oxygen atoms in total. The Kier molecular flexibility index (Phi) is 6.86. The Morgan fingerprint density at radius 2 is 2.17 bits per heavy atom.